The Kier molecular flexibility index (Phi) is 6.31. The summed E-state index contributed by atoms with van der Waals surface area (Å²) in [6.45, 7) is 13.9. The Morgan fingerprint density at radius 3 is 2.70 bits per heavy atom. The van der Waals surface area contributed by atoms with Crippen molar-refractivity contribution in [3.8, 4) is 0 Å². The maximum atomic E-state index is 5.80. The average molecular weight is 282 g/mol. The minimum Gasteiger partial charge on any atom is -0.378 e. The monoisotopic (exact) mass is 282 g/mol. The van der Waals surface area contributed by atoms with Gasteiger partial charge in [-0.15, -0.1) is 0 Å². The van der Waals surface area contributed by atoms with Crippen LogP contribution < -0.4 is 5.32 Å². The maximum absolute atomic E-state index is 5.80. The fraction of sp³-hybridized carbons (Fsp3) is 1.00. The van der Waals surface area contributed by atoms with Crippen LogP contribution >= 0.6 is 0 Å². The van der Waals surface area contributed by atoms with Crippen molar-refractivity contribution in [1.29, 1.82) is 0 Å². The Morgan fingerprint density at radius 2 is 2.10 bits per heavy atom. The quantitative estimate of drug-likeness (QED) is 0.811. The van der Waals surface area contributed by atoms with Crippen molar-refractivity contribution >= 4 is 0 Å². The fourth-order valence-corrected chi connectivity index (χ4v) is 3.57. The molecule has 3 heteroatoms. The zero-order valence-corrected chi connectivity index (χ0v) is 13.9. The number of hydrogen-bond acceptors (Lipinski definition) is 3. The predicted molar refractivity (Wildman–Crippen MR) is 85.0 cm³/mol. The minimum atomic E-state index is 0.528. The minimum absolute atomic E-state index is 0.528. The summed E-state index contributed by atoms with van der Waals surface area (Å²) in [5.74, 6) is 1.50. The van der Waals surface area contributed by atoms with Crippen molar-refractivity contribution in [3.63, 3.8) is 0 Å². The van der Waals surface area contributed by atoms with Crippen LogP contribution in [0, 0.1) is 11.8 Å². The van der Waals surface area contributed by atoms with Gasteiger partial charge in [-0.25, -0.2) is 0 Å². The normalized spacial score (nSPS) is 33.8. The molecule has 0 bridgehead atoms. The van der Waals surface area contributed by atoms with Gasteiger partial charge < -0.3 is 10.1 Å². The molecule has 0 saturated carbocycles. The van der Waals surface area contributed by atoms with Crippen LogP contribution in [0.2, 0.25) is 0 Å². The molecule has 3 nitrogen and oxygen atoms in total. The highest BCUT2D eigenvalue weighted by Crippen LogP contribution is 2.23. The van der Waals surface area contributed by atoms with Gasteiger partial charge in [0, 0.05) is 38.3 Å². The van der Waals surface area contributed by atoms with Crippen LogP contribution in [0.4, 0.5) is 0 Å². The number of nitrogens with one attached hydrogen (secondary N) is 1. The Hall–Kier alpha value is -0.120. The van der Waals surface area contributed by atoms with Gasteiger partial charge in [-0.3, -0.25) is 4.90 Å². The Labute approximate surface area is 125 Å². The first-order valence-corrected chi connectivity index (χ1v) is 8.70. The standard InChI is InChI=1S/C17H34N2O/c1-5-14(4)17-11-18-16(13(2)3)12-19(17)9-8-15-7-6-10-20-15/h13-18H,5-12H2,1-4H3. The summed E-state index contributed by atoms with van der Waals surface area (Å²) in [5, 5.41) is 3.77. The SMILES string of the molecule is CCC(C)C1CNC(C(C)C)CN1CCC1CCCO1. The van der Waals surface area contributed by atoms with E-state index in [-0.39, 0.29) is 0 Å². The molecule has 0 aliphatic carbocycles. The van der Waals surface area contributed by atoms with Gasteiger partial charge in [0.05, 0.1) is 6.10 Å². The molecular weight excluding hydrogens is 248 g/mol. The average Bonchev–Trinajstić information content (AvgIpc) is 2.97. The van der Waals surface area contributed by atoms with Gasteiger partial charge in [0.1, 0.15) is 0 Å². The molecule has 2 aliphatic rings. The van der Waals surface area contributed by atoms with Crippen molar-refractivity contribution in [2.75, 3.05) is 26.2 Å². The molecule has 2 fully saturated rings. The molecule has 2 aliphatic heterocycles. The van der Waals surface area contributed by atoms with Crippen molar-refractivity contribution < 1.29 is 4.74 Å². The van der Waals surface area contributed by atoms with Gasteiger partial charge in [-0.2, -0.15) is 0 Å². The summed E-state index contributed by atoms with van der Waals surface area (Å²) in [7, 11) is 0. The van der Waals surface area contributed by atoms with Gasteiger partial charge in [0.15, 0.2) is 0 Å². The topological polar surface area (TPSA) is 24.5 Å². The molecule has 0 spiro atoms. The molecular formula is C17H34N2O. The summed E-state index contributed by atoms with van der Waals surface area (Å²) in [6.07, 6.45) is 5.55. The number of nitrogens with zero attached hydrogens (tertiary/aromatic N) is 1. The zero-order valence-electron chi connectivity index (χ0n) is 13.9. The Morgan fingerprint density at radius 1 is 1.30 bits per heavy atom. The van der Waals surface area contributed by atoms with Gasteiger partial charge in [0.25, 0.3) is 0 Å². The van der Waals surface area contributed by atoms with Crippen LogP contribution in [0.1, 0.15) is 53.4 Å². The second-order valence-electron chi connectivity index (χ2n) is 7.13. The summed E-state index contributed by atoms with van der Waals surface area (Å²) in [5.41, 5.74) is 0. The third-order valence-corrected chi connectivity index (χ3v) is 5.36. The molecule has 118 valence electrons. The highest BCUT2D eigenvalue weighted by Gasteiger charge is 2.32. The van der Waals surface area contributed by atoms with Gasteiger partial charge >= 0.3 is 0 Å². The lowest BCUT2D eigenvalue weighted by atomic mass is 9.91. The van der Waals surface area contributed by atoms with E-state index in [1.807, 2.05) is 0 Å². The molecule has 2 rings (SSSR count). The summed E-state index contributed by atoms with van der Waals surface area (Å²) >= 11 is 0. The second kappa shape index (κ2) is 7.77. The molecule has 0 aromatic heterocycles. The number of piperazine rings is 1. The third kappa shape index (κ3) is 4.19. The van der Waals surface area contributed by atoms with E-state index in [0.717, 1.165) is 25.0 Å². The van der Waals surface area contributed by atoms with E-state index in [2.05, 4.69) is 37.9 Å². The summed E-state index contributed by atoms with van der Waals surface area (Å²) in [4.78, 5) is 2.75. The van der Waals surface area contributed by atoms with E-state index < -0.39 is 0 Å². The van der Waals surface area contributed by atoms with Crippen molar-refractivity contribution in [1.82, 2.24) is 10.2 Å². The maximum Gasteiger partial charge on any atom is 0.0588 e. The van der Waals surface area contributed by atoms with Crippen LogP contribution in [0.5, 0.6) is 0 Å². The second-order valence-corrected chi connectivity index (χ2v) is 7.13. The van der Waals surface area contributed by atoms with Crippen molar-refractivity contribution in [2.45, 2.75) is 71.6 Å². The first-order valence-electron chi connectivity index (χ1n) is 8.70. The van der Waals surface area contributed by atoms with E-state index in [1.165, 1.54) is 38.8 Å². The molecule has 2 heterocycles. The molecule has 1 N–H and O–H groups in total. The van der Waals surface area contributed by atoms with Crippen molar-refractivity contribution in [2.24, 2.45) is 11.8 Å². The highest BCUT2D eigenvalue weighted by molar-refractivity contribution is 4.90. The van der Waals surface area contributed by atoms with Crippen LogP contribution in [-0.4, -0.2) is 49.3 Å². The molecule has 0 aromatic rings. The molecule has 4 atom stereocenters. The molecule has 0 aromatic carbocycles. The number of rotatable bonds is 6. The molecule has 2 saturated heterocycles. The van der Waals surface area contributed by atoms with Gasteiger partial charge in [0.2, 0.25) is 0 Å². The summed E-state index contributed by atoms with van der Waals surface area (Å²) < 4.78 is 5.80. The first-order chi connectivity index (χ1) is 9.61. The van der Waals surface area contributed by atoms with Crippen molar-refractivity contribution in [3.05, 3.63) is 0 Å². The highest BCUT2D eigenvalue weighted by atomic mass is 16.5. The molecule has 0 amide bonds. The molecule has 4 unspecified atom stereocenters. The zero-order chi connectivity index (χ0) is 14.5. The van der Waals surface area contributed by atoms with Crippen LogP contribution in [0.3, 0.4) is 0 Å². The van der Waals surface area contributed by atoms with E-state index in [0.29, 0.717) is 18.2 Å². The smallest absolute Gasteiger partial charge is 0.0588 e. The van der Waals surface area contributed by atoms with Gasteiger partial charge in [-0.05, 0) is 31.1 Å². The largest absolute Gasteiger partial charge is 0.378 e. The van der Waals surface area contributed by atoms with Crippen LogP contribution in [0.25, 0.3) is 0 Å². The fourth-order valence-electron chi connectivity index (χ4n) is 3.57. The summed E-state index contributed by atoms with van der Waals surface area (Å²) in [6, 6.07) is 1.36. The van der Waals surface area contributed by atoms with Crippen LogP contribution in [-0.2, 0) is 4.74 Å². The molecule has 20 heavy (non-hydrogen) atoms. The first kappa shape index (κ1) is 16.3. The Balaban J connectivity index is 1.89. The molecule has 0 radical (unpaired) electrons. The third-order valence-electron chi connectivity index (χ3n) is 5.36. The van der Waals surface area contributed by atoms with E-state index in [1.54, 1.807) is 0 Å². The predicted octanol–water partition coefficient (Wildman–Crippen LogP) is 2.90. The lowest BCUT2D eigenvalue weighted by molar-refractivity contribution is 0.0491. The lowest BCUT2D eigenvalue weighted by Gasteiger charge is -2.44. The number of hydrogen-bond donors (Lipinski definition) is 1. The lowest BCUT2D eigenvalue weighted by Crippen LogP contribution is -2.60. The van der Waals surface area contributed by atoms with E-state index >= 15 is 0 Å². The Bertz CT molecular complexity index is 276. The van der Waals surface area contributed by atoms with Crippen LogP contribution in [0.15, 0.2) is 0 Å². The number of ether oxygens (including phenoxy) is 1. The van der Waals surface area contributed by atoms with E-state index in [9.17, 15) is 0 Å². The van der Waals surface area contributed by atoms with Gasteiger partial charge in [-0.1, -0.05) is 34.1 Å². The van der Waals surface area contributed by atoms with E-state index in [4.69, 9.17) is 4.74 Å².